The fourth-order valence-corrected chi connectivity index (χ4v) is 3.51. The molecule has 4 aromatic rings. The fourth-order valence-electron chi connectivity index (χ4n) is 3.51. The van der Waals surface area contributed by atoms with Gasteiger partial charge < -0.3 is 19.0 Å². The summed E-state index contributed by atoms with van der Waals surface area (Å²) >= 11 is 0. The van der Waals surface area contributed by atoms with Crippen LogP contribution in [0.2, 0.25) is 0 Å². The van der Waals surface area contributed by atoms with Gasteiger partial charge in [-0.2, -0.15) is 0 Å². The first-order chi connectivity index (χ1) is 15.2. The standard InChI is InChI=1S/C25H24N2O4/c28-24(27(17-21-9-6-14-30-21)16-19-7-2-1-3-8-19)18-31-25(29)13-12-20-15-26-23-11-5-4-10-22(20)23/h1-11,14-15,26H,12-13,16-18H2. The van der Waals surface area contributed by atoms with Crippen molar-refractivity contribution in [2.75, 3.05) is 6.61 Å². The molecule has 6 nitrogen and oxygen atoms in total. The first kappa shape index (κ1) is 20.5. The molecule has 31 heavy (non-hydrogen) atoms. The molecule has 2 aromatic carbocycles. The van der Waals surface area contributed by atoms with E-state index in [2.05, 4.69) is 4.98 Å². The van der Waals surface area contributed by atoms with Gasteiger partial charge in [-0.1, -0.05) is 48.5 Å². The summed E-state index contributed by atoms with van der Waals surface area (Å²) in [5.74, 6) is 0.0203. The summed E-state index contributed by atoms with van der Waals surface area (Å²) in [5, 5.41) is 1.10. The van der Waals surface area contributed by atoms with Crippen LogP contribution < -0.4 is 0 Å². The zero-order chi connectivity index (χ0) is 21.5. The molecule has 0 atom stereocenters. The predicted molar refractivity (Wildman–Crippen MR) is 117 cm³/mol. The number of aryl methyl sites for hydroxylation is 1. The minimum absolute atomic E-state index is 0.214. The molecule has 0 aliphatic rings. The first-order valence-electron chi connectivity index (χ1n) is 10.2. The zero-order valence-corrected chi connectivity index (χ0v) is 17.1. The number of hydrogen-bond acceptors (Lipinski definition) is 4. The highest BCUT2D eigenvalue weighted by molar-refractivity contribution is 5.84. The highest BCUT2D eigenvalue weighted by Crippen LogP contribution is 2.19. The van der Waals surface area contributed by atoms with E-state index in [4.69, 9.17) is 9.15 Å². The summed E-state index contributed by atoms with van der Waals surface area (Å²) in [6.45, 7) is 0.432. The molecule has 1 N–H and O–H groups in total. The van der Waals surface area contributed by atoms with Crippen molar-refractivity contribution >= 4 is 22.8 Å². The summed E-state index contributed by atoms with van der Waals surface area (Å²) in [6, 6.07) is 21.2. The third-order valence-corrected chi connectivity index (χ3v) is 5.13. The summed E-state index contributed by atoms with van der Waals surface area (Å²) in [4.78, 5) is 29.9. The molecular weight excluding hydrogens is 392 g/mol. The Kier molecular flexibility index (Phi) is 6.47. The number of fused-ring (bicyclic) bond motifs is 1. The van der Waals surface area contributed by atoms with E-state index in [-0.39, 0.29) is 18.9 Å². The monoisotopic (exact) mass is 416 g/mol. The van der Waals surface area contributed by atoms with Gasteiger partial charge in [-0.25, -0.2) is 0 Å². The van der Waals surface area contributed by atoms with Crippen molar-refractivity contribution in [1.29, 1.82) is 0 Å². The van der Waals surface area contributed by atoms with Gasteiger partial charge in [0.15, 0.2) is 6.61 Å². The number of carbonyl (C=O) groups is 2. The van der Waals surface area contributed by atoms with Crippen molar-refractivity contribution in [1.82, 2.24) is 9.88 Å². The smallest absolute Gasteiger partial charge is 0.306 e. The van der Waals surface area contributed by atoms with Gasteiger partial charge in [0, 0.05) is 30.1 Å². The van der Waals surface area contributed by atoms with E-state index in [0.29, 0.717) is 25.3 Å². The molecule has 0 radical (unpaired) electrons. The van der Waals surface area contributed by atoms with Gasteiger partial charge in [0.05, 0.1) is 12.8 Å². The number of esters is 1. The second kappa shape index (κ2) is 9.80. The summed E-state index contributed by atoms with van der Waals surface area (Å²) in [7, 11) is 0. The second-order valence-corrected chi connectivity index (χ2v) is 7.33. The van der Waals surface area contributed by atoms with Gasteiger partial charge in [-0.3, -0.25) is 9.59 Å². The van der Waals surface area contributed by atoms with Crippen LogP contribution in [-0.4, -0.2) is 28.4 Å². The van der Waals surface area contributed by atoms with Gasteiger partial charge in [-0.05, 0) is 35.7 Å². The van der Waals surface area contributed by atoms with Crippen molar-refractivity contribution in [2.24, 2.45) is 0 Å². The van der Waals surface area contributed by atoms with E-state index in [9.17, 15) is 9.59 Å². The maximum atomic E-state index is 12.8. The molecule has 0 saturated carbocycles. The Morgan fingerprint density at radius 3 is 2.55 bits per heavy atom. The van der Waals surface area contributed by atoms with Crippen LogP contribution in [0.3, 0.4) is 0 Å². The number of aromatic amines is 1. The molecule has 0 fully saturated rings. The summed E-state index contributed by atoms with van der Waals surface area (Å²) < 4.78 is 10.7. The number of nitrogens with zero attached hydrogens (tertiary/aromatic N) is 1. The van der Waals surface area contributed by atoms with Crippen LogP contribution in [0, 0.1) is 0 Å². The number of ether oxygens (including phenoxy) is 1. The predicted octanol–water partition coefficient (Wildman–Crippen LogP) is 4.47. The average Bonchev–Trinajstić information content (AvgIpc) is 3.46. The second-order valence-electron chi connectivity index (χ2n) is 7.33. The summed E-state index contributed by atoms with van der Waals surface area (Å²) in [6.07, 6.45) is 4.25. The largest absolute Gasteiger partial charge is 0.467 e. The van der Waals surface area contributed by atoms with E-state index in [0.717, 1.165) is 22.0 Å². The molecule has 2 aromatic heterocycles. The Bertz CT molecular complexity index is 1130. The van der Waals surface area contributed by atoms with Crippen molar-refractivity contribution in [3.05, 3.63) is 96.1 Å². The molecule has 0 aliphatic carbocycles. The van der Waals surface area contributed by atoms with Crippen LogP contribution >= 0.6 is 0 Å². The molecular formula is C25H24N2O4. The zero-order valence-electron chi connectivity index (χ0n) is 17.1. The first-order valence-corrected chi connectivity index (χ1v) is 10.2. The van der Waals surface area contributed by atoms with Crippen molar-refractivity contribution in [3.63, 3.8) is 0 Å². The van der Waals surface area contributed by atoms with E-state index in [1.807, 2.05) is 66.9 Å². The van der Waals surface area contributed by atoms with Crippen LogP contribution in [0.25, 0.3) is 10.9 Å². The van der Waals surface area contributed by atoms with Gasteiger partial charge in [0.1, 0.15) is 5.76 Å². The van der Waals surface area contributed by atoms with E-state index < -0.39 is 5.97 Å². The van der Waals surface area contributed by atoms with Crippen LogP contribution in [0.1, 0.15) is 23.3 Å². The van der Waals surface area contributed by atoms with Crippen LogP contribution in [-0.2, 0) is 33.8 Å². The third-order valence-electron chi connectivity index (χ3n) is 5.13. The molecule has 0 unspecified atom stereocenters. The lowest BCUT2D eigenvalue weighted by atomic mass is 10.1. The normalized spacial score (nSPS) is 10.8. The number of para-hydroxylation sites is 1. The SMILES string of the molecule is O=C(CCc1c[nH]c2ccccc12)OCC(=O)N(Cc1ccccc1)Cc1ccco1. The maximum absolute atomic E-state index is 12.8. The Morgan fingerprint density at radius 2 is 1.74 bits per heavy atom. The molecule has 0 bridgehead atoms. The number of nitrogens with one attached hydrogen (secondary N) is 1. The topological polar surface area (TPSA) is 75.5 Å². The minimum atomic E-state index is -0.392. The number of H-pyrrole nitrogens is 1. The molecule has 4 rings (SSSR count). The number of amides is 1. The molecule has 0 aliphatic heterocycles. The number of rotatable bonds is 9. The highest BCUT2D eigenvalue weighted by Gasteiger charge is 2.18. The number of furan rings is 1. The minimum Gasteiger partial charge on any atom is -0.467 e. The van der Waals surface area contributed by atoms with Crippen LogP contribution in [0.15, 0.2) is 83.6 Å². The lowest BCUT2D eigenvalue weighted by Crippen LogP contribution is -2.33. The Morgan fingerprint density at radius 1 is 0.935 bits per heavy atom. The van der Waals surface area contributed by atoms with E-state index in [1.54, 1.807) is 17.2 Å². The van der Waals surface area contributed by atoms with Crippen LogP contribution in [0.5, 0.6) is 0 Å². The average molecular weight is 416 g/mol. The van der Waals surface area contributed by atoms with Gasteiger partial charge in [0.2, 0.25) is 0 Å². The lowest BCUT2D eigenvalue weighted by Gasteiger charge is -2.21. The van der Waals surface area contributed by atoms with Gasteiger partial charge in [0.25, 0.3) is 5.91 Å². The summed E-state index contributed by atoms with van der Waals surface area (Å²) in [5.41, 5.74) is 3.09. The quantitative estimate of drug-likeness (QED) is 0.409. The number of aromatic nitrogens is 1. The van der Waals surface area contributed by atoms with E-state index >= 15 is 0 Å². The number of carbonyl (C=O) groups excluding carboxylic acids is 2. The van der Waals surface area contributed by atoms with Crippen molar-refractivity contribution in [3.8, 4) is 0 Å². The Balaban J connectivity index is 1.32. The van der Waals surface area contributed by atoms with Gasteiger partial charge >= 0.3 is 5.97 Å². The van der Waals surface area contributed by atoms with Crippen LogP contribution in [0.4, 0.5) is 0 Å². The molecule has 0 spiro atoms. The third kappa shape index (κ3) is 5.42. The molecule has 1 amide bonds. The van der Waals surface area contributed by atoms with E-state index in [1.165, 1.54) is 0 Å². The lowest BCUT2D eigenvalue weighted by molar-refractivity contribution is -0.152. The Labute approximate surface area is 180 Å². The fraction of sp³-hybridized carbons (Fsp3) is 0.200. The molecule has 158 valence electrons. The van der Waals surface area contributed by atoms with Gasteiger partial charge in [-0.15, -0.1) is 0 Å². The van der Waals surface area contributed by atoms with Crippen molar-refractivity contribution < 1.29 is 18.7 Å². The highest BCUT2D eigenvalue weighted by atomic mass is 16.5. The number of benzene rings is 2. The Hall–Kier alpha value is -3.80. The maximum Gasteiger partial charge on any atom is 0.306 e. The molecule has 2 heterocycles. The molecule has 6 heteroatoms. The molecule has 0 saturated heterocycles. The van der Waals surface area contributed by atoms with Crippen molar-refractivity contribution in [2.45, 2.75) is 25.9 Å². The number of hydrogen-bond donors (Lipinski definition) is 1.